The highest BCUT2D eigenvalue weighted by atomic mass is 32.2. The Bertz CT molecular complexity index is 757. The molecule has 1 N–H and O–H groups in total. The van der Waals surface area contributed by atoms with Crippen molar-refractivity contribution in [3.05, 3.63) is 30.3 Å². The lowest BCUT2D eigenvalue weighted by molar-refractivity contribution is -0.139. The topological polar surface area (TPSA) is 69.7 Å². The second-order valence-corrected chi connectivity index (χ2v) is 10.2. The van der Waals surface area contributed by atoms with Gasteiger partial charge in [0.25, 0.3) is 0 Å². The highest BCUT2D eigenvalue weighted by Gasteiger charge is 2.40. The van der Waals surface area contributed by atoms with Crippen LogP contribution >= 0.6 is 0 Å². The fraction of sp³-hybridized carbons (Fsp3) is 0.650. The van der Waals surface area contributed by atoms with Gasteiger partial charge in [-0.2, -0.15) is 4.31 Å². The van der Waals surface area contributed by atoms with Crippen LogP contribution in [0.15, 0.2) is 35.2 Å². The van der Waals surface area contributed by atoms with E-state index in [9.17, 15) is 13.2 Å². The monoisotopic (exact) mass is 391 g/mol. The number of carbonyl (C=O) groups is 1. The molecule has 7 heteroatoms. The highest BCUT2D eigenvalue weighted by Crippen LogP contribution is 2.37. The summed E-state index contributed by atoms with van der Waals surface area (Å²) < 4.78 is 27.0. The minimum Gasteiger partial charge on any atom is -0.342 e. The predicted octanol–water partition coefficient (Wildman–Crippen LogP) is 1.69. The summed E-state index contributed by atoms with van der Waals surface area (Å²) in [5.74, 6) is 0.190. The number of hydrogen-bond donors (Lipinski definition) is 1. The maximum Gasteiger partial charge on any atom is 0.243 e. The Morgan fingerprint density at radius 3 is 2.26 bits per heavy atom. The molecule has 0 saturated carbocycles. The van der Waals surface area contributed by atoms with Crippen LogP contribution < -0.4 is 5.32 Å². The zero-order valence-electron chi connectivity index (χ0n) is 15.8. The summed E-state index contributed by atoms with van der Waals surface area (Å²) in [5, 5.41) is 3.46. The number of sulfonamides is 1. The molecule has 3 saturated heterocycles. The maximum absolute atomic E-state index is 12.9. The summed E-state index contributed by atoms with van der Waals surface area (Å²) in [7, 11) is -3.45. The molecule has 6 nitrogen and oxygen atoms in total. The minimum atomic E-state index is -3.45. The first-order valence-electron chi connectivity index (χ1n) is 10.0. The average Bonchev–Trinajstić information content (AvgIpc) is 3.17. The van der Waals surface area contributed by atoms with Gasteiger partial charge in [-0.1, -0.05) is 18.2 Å². The Labute approximate surface area is 162 Å². The van der Waals surface area contributed by atoms with Gasteiger partial charge in [-0.3, -0.25) is 4.79 Å². The largest absolute Gasteiger partial charge is 0.342 e. The third-order valence-corrected chi connectivity index (χ3v) is 8.56. The molecule has 0 bridgehead atoms. The molecule has 27 heavy (non-hydrogen) atoms. The lowest BCUT2D eigenvalue weighted by Gasteiger charge is -2.41. The van der Waals surface area contributed by atoms with Gasteiger partial charge in [0.15, 0.2) is 0 Å². The summed E-state index contributed by atoms with van der Waals surface area (Å²) in [5.41, 5.74) is 0.407. The fourth-order valence-electron chi connectivity index (χ4n) is 4.77. The normalized spacial score (nSPS) is 24.4. The van der Waals surface area contributed by atoms with Gasteiger partial charge in [0.1, 0.15) is 0 Å². The number of nitrogens with one attached hydrogen (secondary N) is 1. The van der Waals surface area contributed by atoms with Crippen LogP contribution in [0.1, 0.15) is 32.1 Å². The van der Waals surface area contributed by atoms with E-state index >= 15 is 0 Å². The quantitative estimate of drug-likeness (QED) is 0.851. The number of carbonyl (C=O) groups excluding carboxylic acids is 1. The Morgan fingerprint density at radius 2 is 1.67 bits per heavy atom. The van der Waals surface area contributed by atoms with Crippen LogP contribution in [-0.2, 0) is 14.8 Å². The molecule has 0 aromatic heterocycles. The third-order valence-electron chi connectivity index (χ3n) is 6.65. The summed E-state index contributed by atoms with van der Waals surface area (Å²) in [6, 6.07) is 8.56. The fourth-order valence-corrected chi connectivity index (χ4v) is 6.26. The van der Waals surface area contributed by atoms with Gasteiger partial charge in [0, 0.05) is 38.6 Å². The molecular formula is C20H29N3O3S. The summed E-state index contributed by atoms with van der Waals surface area (Å²) in [6.45, 7) is 4.74. The number of amides is 1. The number of nitrogens with zero attached hydrogens (tertiary/aromatic N) is 2. The van der Waals surface area contributed by atoms with Gasteiger partial charge in [-0.15, -0.1) is 0 Å². The molecule has 4 rings (SSSR count). The van der Waals surface area contributed by atoms with E-state index in [0.29, 0.717) is 36.2 Å². The molecule has 0 aliphatic carbocycles. The lowest BCUT2D eigenvalue weighted by atomic mass is 9.77. The summed E-state index contributed by atoms with van der Waals surface area (Å²) >= 11 is 0. The van der Waals surface area contributed by atoms with Crippen molar-refractivity contribution in [3.8, 4) is 0 Å². The highest BCUT2D eigenvalue weighted by molar-refractivity contribution is 7.89. The van der Waals surface area contributed by atoms with Crippen LogP contribution in [0.3, 0.4) is 0 Å². The van der Waals surface area contributed by atoms with E-state index < -0.39 is 10.0 Å². The van der Waals surface area contributed by atoms with E-state index in [4.69, 9.17) is 0 Å². The Balaban J connectivity index is 1.32. The molecule has 1 aromatic carbocycles. The average molecular weight is 392 g/mol. The second-order valence-electron chi connectivity index (χ2n) is 8.24. The van der Waals surface area contributed by atoms with Crippen LogP contribution in [-0.4, -0.2) is 62.8 Å². The first kappa shape index (κ1) is 18.9. The zero-order chi connectivity index (χ0) is 18.9. The van der Waals surface area contributed by atoms with E-state index in [1.807, 2.05) is 11.0 Å². The van der Waals surface area contributed by atoms with Gasteiger partial charge >= 0.3 is 0 Å². The van der Waals surface area contributed by atoms with E-state index in [0.717, 1.165) is 39.0 Å². The van der Waals surface area contributed by atoms with Crippen molar-refractivity contribution in [1.29, 1.82) is 0 Å². The van der Waals surface area contributed by atoms with Gasteiger partial charge in [-0.05, 0) is 56.2 Å². The molecule has 3 heterocycles. The van der Waals surface area contributed by atoms with E-state index in [-0.39, 0.29) is 11.8 Å². The van der Waals surface area contributed by atoms with Crippen molar-refractivity contribution in [1.82, 2.24) is 14.5 Å². The molecule has 1 amide bonds. The van der Waals surface area contributed by atoms with E-state index in [1.165, 1.54) is 10.7 Å². The first-order chi connectivity index (χ1) is 13.0. The molecule has 3 aliphatic rings. The van der Waals surface area contributed by atoms with Crippen LogP contribution in [0, 0.1) is 11.3 Å². The van der Waals surface area contributed by atoms with E-state index in [2.05, 4.69) is 5.32 Å². The minimum absolute atomic E-state index is 0.0389. The molecule has 3 fully saturated rings. The van der Waals surface area contributed by atoms with Crippen molar-refractivity contribution in [2.24, 2.45) is 11.3 Å². The number of rotatable bonds is 3. The van der Waals surface area contributed by atoms with Crippen molar-refractivity contribution in [2.75, 3.05) is 39.3 Å². The smallest absolute Gasteiger partial charge is 0.243 e. The Morgan fingerprint density at radius 1 is 1.00 bits per heavy atom. The van der Waals surface area contributed by atoms with Gasteiger partial charge < -0.3 is 10.2 Å². The van der Waals surface area contributed by atoms with Crippen molar-refractivity contribution in [3.63, 3.8) is 0 Å². The van der Waals surface area contributed by atoms with Crippen LogP contribution in [0.5, 0.6) is 0 Å². The van der Waals surface area contributed by atoms with Gasteiger partial charge in [-0.25, -0.2) is 8.42 Å². The van der Waals surface area contributed by atoms with Crippen molar-refractivity contribution >= 4 is 15.9 Å². The Kier molecular flexibility index (Phi) is 5.27. The standard InChI is InChI=1S/C20H29N3O3S/c24-19(22-14-9-20(10-15-22)8-11-21-16-20)17-6-12-23(13-7-17)27(25,26)18-4-2-1-3-5-18/h1-5,17,21H,6-16H2. The number of hydrogen-bond acceptors (Lipinski definition) is 4. The second kappa shape index (κ2) is 7.53. The van der Waals surface area contributed by atoms with Gasteiger partial charge in [0.2, 0.25) is 15.9 Å². The van der Waals surface area contributed by atoms with Gasteiger partial charge in [0.05, 0.1) is 4.90 Å². The summed E-state index contributed by atoms with van der Waals surface area (Å²) in [4.78, 5) is 15.3. The third kappa shape index (κ3) is 3.77. The van der Waals surface area contributed by atoms with Crippen LogP contribution in [0.4, 0.5) is 0 Å². The molecule has 0 atom stereocenters. The zero-order valence-corrected chi connectivity index (χ0v) is 16.6. The van der Waals surface area contributed by atoms with Crippen molar-refractivity contribution < 1.29 is 13.2 Å². The Hall–Kier alpha value is -1.44. The molecule has 0 radical (unpaired) electrons. The molecular weight excluding hydrogens is 362 g/mol. The maximum atomic E-state index is 12.9. The number of benzene rings is 1. The van der Waals surface area contributed by atoms with Crippen LogP contribution in [0.25, 0.3) is 0 Å². The molecule has 1 spiro atoms. The number of likely N-dealkylation sites (tertiary alicyclic amines) is 1. The molecule has 3 aliphatic heterocycles. The first-order valence-corrected chi connectivity index (χ1v) is 11.5. The van der Waals surface area contributed by atoms with E-state index in [1.54, 1.807) is 24.3 Å². The van der Waals surface area contributed by atoms with Crippen LogP contribution in [0.2, 0.25) is 0 Å². The lowest BCUT2D eigenvalue weighted by Crippen LogP contribution is -2.48. The number of piperidine rings is 2. The molecule has 0 unspecified atom stereocenters. The SMILES string of the molecule is O=C(C1CCN(S(=O)(=O)c2ccccc2)CC1)N1CCC2(CCNC2)CC1. The molecule has 148 valence electrons. The van der Waals surface area contributed by atoms with Crippen molar-refractivity contribution in [2.45, 2.75) is 37.0 Å². The summed E-state index contributed by atoms with van der Waals surface area (Å²) in [6.07, 6.45) is 4.65. The predicted molar refractivity (Wildman–Crippen MR) is 104 cm³/mol. The molecule has 1 aromatic rings.